The van der Waals surface area contributed by atoms with Gasteiger partial charge in [0.1, 0.15) is 11.5 Å². The Hall–Kier alpha value is -3.28. The van der Waals surface area contributed by atoms with Gasteiger partial charge in [0.15, 0.2) is 6.10 Å². The minimum absolute atomic E-state index is 0.0279. The van der Waals surface area contributed by atoms with Gasteiger partial charge >= 0.3 is 5.97 Å². The van der Waals surface area contributed by atoms with Crippen LogP contribution in [-0.2, 0) is 20.7 Å². The third-order valence-electron chi connectivity index (χ3n) is 4.93. The maximum Gasteiger partial charge on any atom is 0.331 e. The smallest absolute Gasteiger partial charge is 0.331 e. The number of nitrogens with zero attached hydrogens (tertiary/aromatic N) is 1. The van der Waals surface area contributed by atoms with Gasteiger partial charge in [-0.05, 0) is 50.1 Å². The number of fused-ring (bicyclic) bond motifs is 1. The second kappa shape index (κ2) is 8.82. The highest BCUT2D eigenvalue weighted by Crippen LogP contribution is 2.32. The summed E-state index contributed by atoms with van der Waals surface area (Å²) < 4.78 is 15.8. The van der Waals surface area contributed by atoms with E-state index in [0.29, 0.717) is 17.1 Å². The van der Waals surface area contributed by atoms with E-state index in [2.05, 4.69) is 0 Å². The Bertz CT molecular complexity index is 937. The first-order valence-electron chi connectivity index (χ1n) is 9.46. The molecule has 0 radical (unpaired) electrons. The number of carbonyl (C=O) groups is 2. The lowest BCUT2D eigenvalue weighted by molar-refractivity contribution is -0.149. The SMILES string of the molecule is COc1ccc(/C=C/C(=O)O[C@@H](C)C(=O)N2c3ccccc3C[C@@H]2C)c(OC)c1. The number of hydrogen-bond donors (Lipinski definition) is 0. The third kappa shape index (κ3) is 4.42. The normalized spacial score (nSPS) is 16.4. The van der Waals surface area contributed by atoms with Gasteiger partial charge in [-0.1, -0.05) is 18.2 Å². The Morgan fingerprint density at radius 3 is 2.62 bits per heavy atom. The molecule has 2 atom stereocenters. The van der Waals surface area contributed by atoms with Crippen molar-refractivity contribution in [1.82, 2.24) is 0 Å². The predicted octanol–water partition coefficient (Wildman–Crippen LogP) is 3.63. The molecule has 0 saturated carbocycles. The number of carbonyl (C=O) groups excluding carboxylic acids is 2. The molecule has 0 aromatic heterocycles. The van der Waals surface area contributed by atoms with Gasteiger partial charge in [-0.2, -0.15) is 0 Å². The Morgan fingerprint density at radius 1 is 1.14 bits per heavy atom. The van der Waals surface area contributed by atoms with Crippen LogP contribution >= 0.6 is 0 Å². The number of rotatable bonds is 6. The van der Waals surface area contributed by atoms with E-state index in [1.165, 1.54) is 6.08 Å². The molecule has 2 aromatic carbocycles. The van der Waals surface area contributed by atoms with Gasteiger partial charge in [0.2, 0.25) is 0 Å². The number of ether oxygens (including phenoxy) is 3. The first-order chi connectivity index (χ1) is 13.9. The third-order valence-corrected chi connectivity index (χ3v) is 4.93. The maximum absolute atomic E-state index is 12.9. The molecule has 2 aromatic rings. The highest BCUT2D eigenvalue weighted by atomic mass is 16.5. The van der Waals surface area contributed by atoms with Gasteiger partial charge < -0.3 is 19.1 Å². The number of hydrogen-bond acceptors (Lipinski definition) is 5. The van der Waals surface area contributed by atoms with Gasteiger partial charge in [0.05, 0.1) is 14.2 Å². The molecule has 6 heteroatoms. The lowest BCUT2D eigenvalue weighted by Gasteiger charge is -2.25. The van der Waals surface area contributed by atoms with Crippen molar-refractivity contribution in [3.05, 3.63) is 59.7 Å². The van der Waals surface area contributed by atoms with Gasteiger partial charge in [-0.25, -0.2) is 4.79 Å². The molecule has 0 saturated heterocycles. The summed E-state index contributed by atoms with van der Waals surface area (Å²) in [6, 6.07) is 13.1. The number of para-hydroxylation sites is 1. The Labute approximate surface area is 170 Å². The van der Waals surface area contributed by atoms with E-state index in [1.54, 1.807) is 50.3 Å². The monoisotopic (exact) mass is 395 g/mol. The van der Waals surface area contributed by atoms with E-state index in [9.17, 15) is 9.59 Å². The summed E-state index contributed by atoms with van der Waals surface area (Å²) in [4.78, 5) is 26.9. The molecule has 1 aliphatic rings. The first kappa shape index (κ1) is 20.5. The lowest BCUT2D eigenvalue weighted by Crippen LogP contribution is -2.43. The summed E-state index contributed by atoms with van der Waals surface area (Å²) in [5.41, 5.74) is 2.70. The van der Waals surface area contributed by atoms with Crippen molar-refractivity contribution in [2.45, 2.75) is 32.4 Å². The number of esters is 1. The summed E-state index contributed by atoms with van der Waals surface area (Å²) in [5, 5.41) is 0. The van der Waals surface area contributed by atoms with Gasteiger partial charge in [-0.3, -0.25) is 4.79 Å². The minimum Gasteiger partial charge on any atom is -0.497 e. The average Bonchev–Trinajstić information content (AvgIpc) is 3.07. The van der Waals surface area contributed by atoms with Crippen molar-refractivity contribution in [2.75, 3.05) is 19.1 Å². The number of methoxy groups -OCH3 is 2. The second-order valence-electron chi connectivity index (χ2n) is 6.91. The van der Waals surface area contributed by atoms with Crippen molar-refractivity contribution in [3.63, 3.8) is 0 Å². The van der Waals surface area contributed by atoms with E-state index in [-0.39, 0.29) is 11.9 Å². The van der Waals surface area contributed by atoms with E-state index in [1.807, 2.05) is 31.2 Å². The van der Waals surface area contributed by atoms with Crippen LogP contribution in [0, 0.1) is 0 Å². The van der Waals surface area contributed by atoms with Crippen molar-refractivity contribution in [2.24, 2.45) is 0 Å². The van der Waals surface area contributed by atoms with Crippen molar-refractivity contribution in [3.8, 4) is 11.5 Å². The van der Waals surface area contributed by atoms with Gasteiger partial charge in [-0.15, -0.1) is 0 Å². The number of amides is 1. The quantitative estimate of drug-likeness (QED) is 0.552. The zero-order valence-electron chi connectivity index (χ0n) is 17.0. The molecule has 1 aliphatic heterocycles. The first-order valence-corrected chi connectivity index (χ1v) is 9.46. The minimum atomic E-state index is -0.890. The lowest BCUT2D eigenvalue weighted by atomic mass is 10.1. The van der Waals surface area contributed by atoms with Crippen LogP contribution in [0.15, 0.2) is 48.5 Å². The van der Waals surface area contributed by atoms with Crippen LogP contribution in [0.25, 0.3) is 6.08 Å². The molecule has 0 spiro atoms. The molecule has 0 aliphatic carbocycles. The highest BCUT2D eigenvalue weighted by Gasteiger charge is 2.34. The van der Waals surface area contributed by atoms with Gasteiger partial charge in [0.25, 0.3) is 5.91 Å². The molecular formula is C23H25NO5. The fourth-order valence-electron chi connectivity index (χ4n) is 3.48. The predicted molar refractivity (Wildman–Crippen MR) is 111 cm³/mol. The summed E-state index contributed by atoms with van der Waals surface area (Å²) in [7, 11) is 3.11. The van der Waals surface area contributed by atoms with E-state index >= 15 is 0 Å². The van der Waals surface area contributed by atoms with E-state index < -0.39 is 12.1 Å². The molecule has 0 N–H and O–H groups in total. The average molecular weight is 395 g/mol. The molecule has 6 nitrogen and oxygen atoms in total. The Kier molecular flexibility index (Phi) is 6.22. The topological polar surface area (TPSA) is 65.1 Å². The van der Waals surface area contributed by atoms with Crippen LogP contribution in [0.5, 0.6) is 11.5 Å². The van der Waals surface area contributed by atoms with E-state index in [4.69, 9.17) is 14.2 Å². The largest absolute Gasteiger partial charge is 0.497 e. The molecular weight excluding hydrogens is 370 g/mol. The Balaban J connectivity index is 1.66. The number of anilines is 1. The van der Waals surface area contributed by atoms with Crippen molar-refractivity contribution >= 4 is 23.6 Å². The summed E-state index contributed by atoms with van der Waals surface area (Å²) in [6.45, 7) is 3.58. The van der Waals surface area contributed by atoms with Crippen molar-refractivity contribution < 1.29 is 23.8 Å². The molecule has 29 heavy (non-hydrogen) atoms. The molecule has 0 bridgehead atoms. The molecule has 3 rings (SSSR count). The fraction of sp³-hybridized carbons (Fsp3) is 0.304. The molecule has 152 valence electrons. The van der Waals surface area contributed by atoms with Gasteiger partial charge in [0, 0.05) is 29.4 Å². The second-order valence-corrected chi connectivity index (χ2v) is 6.91. The molecule has 1 amide bonds. The molecule has 0 unspecified atom stereocenters. The number of benzene rings is 2. The standard InChI is InChI=1S/C23H25NO5/c1-15-13-18-7-5-6-8-20(18)24(15)23(26)16(2)29-22(25)12-10-17-9-11-19(27-3)14-21(17)28-4/h5-12,14-16H,13H2,1-4H3/b12-10+/t15-,16-/m0/s1. The summed E-state index contributed by atoms with van der Waals surface area (Å²) in [6.07, 6.45) is 2.78. The van der Waals surface area contributed by atoms with Crippen LogP contribution in [0.1, 0.15) is 25.0 Å². The van der Waals surface area contributed by atoms with Crippen LogP contribution in [0.4, 0.5) is 5.69 Å². The Morgan fingerprint density at radius 2 is 1.90 bits per heavy atom. The van der Waals surface area contributed by atoms with Crippen LogP contribution < -0.4 is 14.4 Å². The summed E-state index contributed by atoms with van der Waals surface area (Å²) >= 11 is 0. The van der Waals surface area contributed by atoms with Crippen LogP contribution in [0.2, 0.25) is 0 Å². The summed E-state index contributed by atoms with van der Waals surface area (Å²) in [5.74, 6) is 0.399. The molecule has 0 fully saturated rings. The fourth-order valence-corrected chi connectivity index (χ4v) is 3.48. The zero-order valence-corrected chi connectivity index (χ0v) is 17.0. The zero-order chi connectivity index (χ0) is 21.0. The maximum atomic E-state index is 12.9. The van der Waals surface area contributed by atoms with Crippen LogP contribution in [0.3, 0.4) is 0 Å². The van der Waals surface area contributed by atoms with Crippen molar-refractivity contribution in [1.29, 1.82) is 0 Å². The van der Waals surface area contributed by atoms with Crippen LogP contribution in [-0.4, -0.2) is 38.2 Å². The highest BCUT2D eigenvalue weighted by molar-refractivity contribution is 6.00. The molecule has 1 heterocycles. The van der Waals surface area contributed by atoms with E-state index in [0.717, 1.165) is 17.7 Å².